The lowest BCUT2D eigenvalue weighted by molar-refractivity contribution is -0.123. The highest BCUT2D eigenvalue weighted by molar-refractivity contribution is 5.94. The molecule has 35 heavy (non-hydrogen) atoms. The van der Waals surface area contributed by atoms with Crippen molar-refractivity contribution in [3.63, 3.8) is 0 Å². The normalized spacial score (nSPS) is 18.1. The zero-order valence-electron chi connectivity index (χ0n) is 19.7. The van der Waals surface area contributed by atoms with Gasteiger partial charge in [-0.05, 0) is 55.8 Å². The molecule has 0 aliphatic carbocycles. The second-order valence-corrected chi connectivity index (χ2v) is 9.10. The Balaban J connectivity index is 1.31. The second kappa shape index (κ2) is 9.10. The highest BCUT2D eigenvalue weighted by Gasteiger charge is 2.30. The molecule has 5 rings (SSSR count). The molecule has 0 radical (unpaired) electrons. The number of benzene rings is 2. The molecule has 0 saturated carbocycles. The number of carbonyl (C=O) groups is 1. The van der Waals surface area contributed by atoms with Crippen molar-refractivity contribution >= 4 is 17.3 Å². The van der Waals surface area contributed by atoms with Crippen molar-refractivity contribution in [1.82, 2.24) is 14.0 Å². The maximum atomic E-state index is 14.3. The minimum Gasteiger partial charge on any atom is -0.493 e. The number of fused-ring (bicyclic) bond motifs is 1. The van der Waals surface area contributed by atoms with Crippen molar-refractivity contribution in [1.29, 1.82) is 0 Å². The van der Waals surface area contributed by atoms with Crippen LogP contribution < -0.4 is 20.6 Å². The lowest BCUT2D eigenvalue weighted by Crippen LogP contribution is -2.45. The van der Waals surface area contributed by atoms with Crippen LogP contribution in [0, 0.1) is 5.82 Å². The van der Waals surface area contributed by atoms with Crippen LogP contribution in [0.2, 0.25) is 0 Å². The maximum absolute atomic E-state index is 14.3. The Labute approximate surface area is 201 Å². The first kappa shape index (κ1) is 23.0. The zero-order chi connectivity index (χ0) is 24.7. The van der Waals surface area contributed by atoms with Gasteiger partial charge in [-0.25, -0.2) is 13.8 Å². The summed E-state index contributed by atoms with van der Waals surface area (Å²) in [7, 11) is 3.61. The van der Waals surface area contributed by atoms with Crippen molar-refractivity contribution in [3.8, 4) is 17.3 Å². The standard InChI is InChI=1S/C25H28FN5O4/c1-28-9-11-30(12-10-28)20-14-17(26)13-16-3-8-21(35-23(16)20)24(33)27-18-4-6-19(7-5-18)31-22(32)15-29(2)25(31)34/h4-7,13-15,21,32H,3,8-12H2,1-2H3,(H,27,33). The Bertz CT molecular complexity index is 1310. The topological polar surface area (TPSA) is 92.0 Å². The number of aryl methyl sites for hydroxylation is 2. The van der Waals surface area contributed by atoms with Gasteiger partial charge in [-0.15, -0.1) is 0 Å². The van der Waals surface area contributed by atoms with E-state index in [1.54, 1.807) is 31.3 Å². The van der Waals surface area contributed by atoms with Gasteiger partial charge in [0.1, 0.15) is 11.6 Å². The molecule has 9 nitrogen and oxygen atoms in total. The molecular weight excluding hydrogens is 453 g/mol. The highest BCUT2D eigenvalue weighted by Crippen LogP contribution is 2.39. The number of aromatic hydroxyl groups is 1. The first-order valence-electron chi connectivity index (χ1n) is 11.6. The fraction of sp³-hybridized carbons (Fsp3) is 0.360. The van der Waals surface area contributed by atoms with Crippen molar-refractivity contribution in [2.75, 3.05) is 43.4 Å². The van der Waals surface area contributed by atoms with E-state index in [4.69, 9.17) is 4.74 Å². The SMILES string of the molecule is CN1CCN(c2cc(F)cc3c2OC(C(=O)Nc2ccc(-n4c(O)cn(C)c4=O)cc2)CC3)CC1. The van der Waals surface area contributed by atoms with Crippen LogP contribution >= 0.6 is 0 Å². The van der Waals surface area contributed by atoms with E-state index in [0.717, 1.165) is 31.7 Å². The Hall–Kier alpha value is -3.79. The van der Waals surface area contributed by atoms with Crippen LogP contribution in [0.4, 0.5) is 15.8 Å². The number of anilines is 2. The van der Waals surface area contributed by atoms with Gasteiger partial charge in [0.25, 0.3) is 5.91 Å². The van der Waals surface area contributed by atoms with Crippen molar-refractivity contribution in [2.24, 2.45) is 7.05 Å². The number of ether oxygens (including phenoxy) is 1. The van der Waals surface area contributed by atoms with Crippen LogP contribution in [0.15, 0.2) is 47.4 Å². The lowest BCUT2D eigenvalue weighted by atomic mass is 9.99. The van der Waals surface area contributed by atoms with Crippen LogP contribution in [0.5, 0.6) is 11.6 Å². The average molecular weight is 482 g/mol. The molecule has 0 spiro atoms. The molecule has 2 aromatic carbocycles. The van der Waals surface area contributed by atoms with Crippen LogP contribution in [0.1, 0.15) is 12.0 Å². The summed E-state index contributed by atoms with van der Waals surface area (Å²) in [6.07, 6.45) is 1.61. The summed E-state index contributed by atoms with van der Waals surface area (Å²) >= 11 is 0. The van der Waals surface area contributed by atoms with E-state index in [1.807, 2.05) is 0 Å². The van der Waals surface area contributed by atoms with Crippen LogP contribution in [0.25, 0.3) is 5.69 Å². The monoisotopic (exact) mass is 481 g/mol. The number of hydrogen-bond acceptors (Lipinski definition) is 6. The molecule has 2 N–H and O–H groups in total. The number of nitrogens with zero attached hydrogens (tertiary/aromatic N) is 4. The Kier molecular flexibility index (Phi) is 5.98. The molecule has 1 amide bonds. The van der Waals surface area contributed by atoms with Crippen LogP contribution in [-0.4, -0.2) is 64.4 Å². The molecule has 1 fully saturated rings. The number of carbonyl (C=O) groups excluding carboxylic acids is 1. The predicted molar refractivity (Wildman–Crippen MR) is 130 cm³/mol. The van der Waals surface area contributed by atoms with Gasteiger partial charge in [0.05, 0.1) is 17.6 Å². The maximum Gasteiger partial charge on any atom is 0.335 e. The lowest BCUT2D eigenvalue weighted by Gasteiger charge is -2.37. The molecule has 1 saturated heterocycles. The summed E-state index contributed by atoms with van der Waals surface area (Å²) in [5.74, 6) is -0.183. The summed E-state index contributed by atoms with van der Waals surface area (Å²) in [6, 6.07) is 9.58. The summed E-state index contributed by atoms with van der Waals surface area (Å²) in [6.45, 7) is 3.27. The fourth-order valence-electron chi connectivity index (χ4n) is 4.61. The molecule has 1 atom stereocenters. The van der Waals surface area contributed by atoms with Crippen LogP contribution in [-0.2, 0) is 18.3 Å². The first-order chi connectivity index (χ1) is 16.8. The van der Waals surface area contributed by atoms with Gasteiger partial charge >= 0.3 is 5.69 Å². The third kappa shape index (κ3) is 4.49. The first-order valence-corrected chi connectivity index (χ1v) is 11.6. The van der Waals surface area contributed by atoms with Crippen molar-refractivity contribution in [3.05, 3.63) is 64.5 Å². The summed E-state index contributed by atoms with van der Waals surface area (Å²) in [5, 5.41) is 12.9. The molecular formula is C25H28FN5O4. The quantitative estimate of drug-likeness (QED) is 0.593. The number of nitrogens with one attached hydrogen (secondary N) is 1. The number of aromatic nitrogens is 2. The highest BCUT2D eigenvalue weighted by atomic mass is 19.1. The van der Waals surface area contributed by atoms with E-state index in [-0.39, 0.29) is 23.3 Å². The van der Waals surface area contributed by atoms with Gasteiger partial charge in [-0.2, -0.15) is 0 Å². The molecule has 2 aliphatic heterocycles. The van der Waals surface area contributed by atoms with Gasteiger partial charge in [0.2, 0.25) is 5.88 Å². The molecule has 0 bridgehead atoms. The summed E-state index contributed by atoms with van der Waals surface area (Å²) < 4.78 is 22.9. The largest absolute Gasteiger partial charge is 0.493 e. The predicted octanol–water partition coefficient (Wildman–Crippen LogP) is 2.10. The van der Waals surface area contributed by atoms with Gasteiger partial charge in [-0.3, -0.25) is 9.36 Å². The van der Waals surface area contributed by atoms with E-state index < -0.39 is 6.10 Å². The number of amides is 1. The van der Waals surface area contributed by atoms with Gasteiger partial charge in [0, 0.05) is 45.0 Å². The second-order valence-electron chi connectivity index (χ2n) is 9.10. The number of likely N-dealkylation sites (N-methyl/N-ethyl adjacent to an activating group) is 1. The number of rotatable bonds is 4. The van der Waals surface area contributed by atoms with E-state index in [9.17, 15) is 19.1 Å². The minimum atomic E-state index is -0.709. The smallest absolute Gasteiger partial charge is 0.335 e. The Morgan fingerprint density at radius 2 is 1.83 bits per heavy atom. The van der Waals surface area contributed by atoms with Gasteiger partial charge < -0.3 is 25.0 Å². The van der Waals surface area contributed by atoms with E-state index in [2.05, 4.69) is 22.2 Å². The molecule has 1 unspecified atom stereocenters. The van der Waals surface area contributed by atoms with Gasteiger partial charge in [0.15, 0.2) is 6.10 Å². The number of hydrogen-bond donors (Lipinski definition) is 2. The number of halogens is 1. The van der Waals surface area contributed by atoms with Crippen molar-refractivity contribution in [2.45, 2.75) is 18.9 Å². The van der Waals surface area contributed by atoms with E-state index in [0.29, 0.717) is 35.7 Å². The number of imidazole rings is 1. The third-order valence-corrected chi connectivity index (χ3v) is 6.61. The Morgan fingerprint density at radius 3 is 2.49 bits per heavy atom. The molecule has 3 heterocycles. The fourth-order valence-corrected chi connectivity index (χ4v) is 4.61. The van der Waals surface area contributed by atoms with Gasteiger partial charge in [-0.1, -0.05) is 0 Å². The number of piperazine rings is 1. The van der Waals surface area contributed by atoms with E-state index >= 15 is 0 Å². The third-order valence-electron chi connectivity index (χ3n) is 6.61. The zero-order valence-corrected chi connectivity index (χ0v) is 19.7. The Morgan fingerprint density at radius 1 is 1.11 bits per heavy atom. The molecule has 10 heteroatoms. The summed E-state index contributed by atoms with van der Waals surface area (Å²) in [5.41, 5.74) is 2.12. The molecule has 1 aromatic heterocycles. The van der Waals surface area contributed by atoms with Crippen molar-refractivity contribution < 1.29 is 19.0 Å². The molecule has 3 aromatic rings. The minimum absolute atomic E-state index is 0.170. The average Bonchev–Trinajstić information content (AvgIpc) is 3.10. The molecule has 184 valence electrons. The molecule has 2 aliphatic rings. The summed E-state index contributed by atoms with van der Waals surface area (Å²) in [4.78, 5) is 29.5. The van der Waals surface area contributed by atoms with Crippen LogP contribution in [0.3, 0.4) is 0 Å². The van der Waals surface area contributed by atoms with E-state index in [1.165, 1.54) is 27.5 Å².